The van der Waals surface area contributed by atoms with Gasteiger partial charge in [-0.15, -0.1) is 0 Å². The van der Waals surface area contributed by atoms with Gasteiger partial charge in [-0.05, 0) is 12.8 Å². The van der Waals surface area contributed by atoms with Crippen molar-refractivity contribution in [3.63, 3.8) is 0 Å². The fraction of sp³-hybridized carbons (Fsp3) is 0.600. The number of nitrogens with one attached hydrogen (secondary N) is 1. The Hall–Kier alpha value is -1.58. The van der Waals surface area contributed by atoms with E-state index < -0.39 is 11.0 Å². The maximum atomic E-state index is 12.9. The Bertz CT molecular complexity index is 538. The summed E-state index contributed by atoms with van der Waals surface area (Å²) in [4.78, 5) is 27.1. The lowest BCUT2D eigenvalue weighted by Gasteiger charge is -2.58. The molecule has 2 unspecified atom stereocenters. The van der Waals surface area contributed by atoms with Crippen LogP contribution in [-0.4, -0.2) is 35.3 Å². The van der Waals surface area contributed by atoms with Gasteiger partial charge in [-0.25, -0.2) is 0 Å². The fourth-order valence-corrected chi connectivity index (χ4v) is 4.43. The number of hydrogen-bond acceptors (Lipinski definition) is 2. The standard InChI is InChI=1S/C15H18N2O2/c1-17-11-5-8-14(13(17)19)6-2-3-7-15(14)9-4-10(11)12(18)16-15/h4-5,8-11H,2-3,6-7H2,1H3,(H,16,18)/t10?,11?,14-,15+/m0/s1. The fourth-order valence-electron chi connectivity index (χ4n) is 4.43. The van der Waals surface area contributed by atoms with Gasteiger partial charge in [-0.2, -0.15) is 0 Å². The molecule has 1 N–H and O–H groups in total. The van der Waals surface area contributed by atoms with Crippen LogP contribution in [0.25, 0.3) is 0 Å². The summed E-state index contributed by atoms with van der Waals surface area (Å²) in [5, 5.41) is 3.18. The third-order valence-corrected chi connectivity index (χ3v) is 5.52. The van der Waals surface area contributed by atoms with E-state index in [1.54, 1.807) is 4.90 Å². The lowest BCUT2D eigenvalue weighted by molar-refractivity contribution is -0.154. The summed E-state index contributed by atoms with van der Waals surface area (Å²) in [6.45, 7) is 0. The third-order valence-electron chi connectivity index (χ3n) is 5.52. The van der Waals surface area contributed by atoms with Crippen molar-refractivity contribution in [2.75, 3.05) is 7.05 Å². The van der Waals surface area contributed by atoms with Crippen molar-refractivity contribution >= 4 is 11.8 Å². The summed E-state index contributed by atoms with van der Waals surface area (Å²) in [6.07, 6.45) is 12.1. The quantitative estimate of drug-likeness (QED) is 0.659. The molecule has 0 aromatic heterocycles. The lowest BCUT2D eigenvalue weighted by Crippen LogP contribution is -2.72. The first-order valence-corrected chi connectivity index (χ1v) is 7.08. The maximum absolute atomic E-state index is 12.9. The maximum Gasteiger partial charge on any atom is 0.235 e. The Morgan fingerprint density at radius 2 is 2.00 bits per heavy atom. The smallest absolute Gasteiger partial charge is 0.235 e. The number of carbonyl (C=O) groups is 2. The van der Waals surface area contributed by atoms with Gasteiger partial charge in [-0.1, -0.05) is 37.1 Å². The number of likely N-dealkylation sites (N-methyl/N-ethyl adjacent to an activating group) is 1. The molecule has 1 saturated carbocycles. The number of rotatable bonds is 0. The van der Waals surface area contributed by atoms with E-state index in [4.69, 9.17) is 0 Å². The van der Waals surface area contributed by atoms with Crippen LogP contribution in [0.4, 0.5) is 0 Å². The van der Waals surface area contributed by atoms with Gasteiger partial charge in [-0.3, -0.25) is 9.59 Å². The molecule has 19 heavy (non-hydrogen) atoms. The van der Waals surface area contributed by atoms with E-state index in [-0.39, 0.29) is 23.8 Å². The molecule has 7 aliphatic rings. The van der Waals surface area contributed by atoms with E-state index in [1.165, 1.54) is 0 Å². The first kappa shape index (κ1) is 11.3. The predicted octanol–water partition coefficient (Wildman–Crippen LogP) is 0.998. The summed E-state index contributed by atoms with van der Waals surface area (Å²) in [5.74, 6) is 0.00702. The molecule has 2 fully saturated rings. The highest BCUT2D eigenvalue weighted by atomic mass is 16.2. The monoisotopic (exact) mass is 258 g/mol. The molecule has 0 aromatic carbocycles. The molecule has 1 saturated heterocycles. The van der Waals surface area contributed by atoms with Crippen LogP contribution in [0.1, 0.15) is 25.7 Å². The van der Waals surface area contributed by atoms with Crippen LogP contribution < -0.4 is 5.32 Å². The van der Waals surface area contributed by atoms with E-state index in [9.17, 15) is 9.59 Å². The molecule has 0 aromatic rings. The molecular formula is C15H18N2O2. The molecule has 4 heteroatoms. The van der Waals surface area contributed by atoms with E-state index in [0.29, 0.717) is 0 Å². The predicted molar refractivity (Wildman–Crippen MR) is 70.1 cm³/mol. The highest BCUT2D eigenvalue weighted by Gasteiger charge is 2.62. The average molecular weight is 258 g/mol. The Kier molecular flexibility index (Phi) is 1.95. The molecule has 5 heterocycles. The summed E-state index contributed by atoms with van der Waals surface area (Å²) in [6, 6.07) is -0.130. The van der Waals surface area contributed by atoms with Crippen molar-refractivity contribution in [2.24, 2.45) is 11.3 Å². The molecule has 7 rings (SSSR count). The zero-order chi connectivity index (χ0) is 13.3. The third kappa shape index (κ3) is 1.11. The highest BCUT2D eigenvalue weighted by Crippen LogP contribution is 2.53. The Morgan fingerprint density at radius 3 is 2.79 bits per heavy atom. The van der Waals surface area contributed by atoms with Crippen LogP contribution in [0, 0.1) is 11.3 Å². The van der Waals surface area contributed by atoms with Crippen molar-refractivity contribution in [1.82, 2.24) is 10.2 Å². The van der Waals surface area contributed by atoms with E-state index >= 15 is 0 Å². The zero-order valence-electron chi connectivity index (χ0n) is 11.1. The van der Waals surface area contributed by atoms with Gasteiger partial charge in [0.05, 0.1) is 22.9 Å². The van der Waals surface area contributed by atoms with Gasteiger partial charge < -0.3 is 10.2 Å². The molecule has 4 nitrogen and oxygen atoms in total. The van der Waals surface area contributed by atoms with Crippen molar-refractivity contribution in [1.29, 1.82) is 0 Å². The van der Waals surface area contributed by atoms with Crippen molar-refractivity contribution in [3.05, 3.63) is 24.3 Å². The molecular weight excluding hydrogens is 240 g/mol. The second-order valence-electron chi connectivity index (χ2n) is 6.29. The first-order valence-electron chi connectivity index (χ1n) is 7.08. The normalized spacial score (nSPS) is 46.9. The van der Waals surface area contributed by atoms with Crippen molar-refractivity contribution in [3.8, 4) is 0 Å². The Labute approximate surface area is 112 Å². The second kappa shape index (κ2) is 3.30. The summed E-state index contributed by atoms with van der Waals surface area (Å²) >= 11 is 0. The van der Waals surface area contributed by atoms with Crippen LogP contribution in [0.3, 0.4) is 0 Å². The molecule has 100 valence electrons. The van der Waals surface area contributed by atoms with Crippen LogP contribution in [-0.2, 0) is 9.59 Å². The average Bonchev–Trinajstić information content (AvgIpc) is 2.37. The Balaban J connectivity index is 2.01. The van der Waals surface area contributed by atoms with Gasteiger partial charge in [0.1, 0.15) is 0 Å². The van der Waals surface area contributed by atoms with Crippen molar-refractivity contribution in [2.45, 2.75) is 37.3 Å². The summed E-state index contributed by atoms with van der Waals surface area (Å²) < 4.78 is 0. The SMILES string of the molecule is CN1C(=O)[C@]23C=CC1C1C=C[C@@]2(CCCC3)NC1=O. The highest BCUT2D eigenvalue weighted by molar-refractivity contribution is 5.95. The topological polar surface area (TPSA) is 49.4 Å². The van der Waals surface area contributed by atoms with Gasteiger partial charge in [0.2, 0.25) is 11.8 Å². The minimum atomic E-state index is -0.561. The minimum absolute atomic E-state index is 0.0717. The van der Waals surface area contributed by atoms with Gasteiger partial charge in [0.25, 0.3) is 0 Å². The number of amides is 2. The molecule has 2 amide bonds. The van der Waals surface area contributed by atoms with Crippen LogP contribution in [0.15, 0.2) is 24.3 Å². The summed E-state index contributed by atoms with van der Waals surface area (Å²) in [5.41, 5.74) is -1.06. The molecule has 2 spiro atoms. The largest absolute Gasteiger partial charge is 0.345 e. The Morgan fingerprint density at radius 1 is 1.21 bits per heavy atom. The number of carbonyl (C=O) groups excluding carboxylic acids is 2. The number of hydrogen-bond donors (Lipinski definition) is 1. The van der Waals surface area contributed by atoms with Gasteiger partial charge in [0.15, 0.2) is 0 Å². The van der Waals surface area contributed by atoms with Gasteiger partial charge in [0, 0.05) is 7.05 Å². The van der Waals surface area contributed by atoms with Crippen LogP contribution in [0.5, 0.6) is 0 Å². The summed E-state index contributed by atoms with van der Waals surface area (Å²) in [7, 11) is 1.84. The van der Waals surface area contributed by atoms with Gasteiger partial charge >= 0.3 is 0 Å². The molecule has 5 aliphatic heterocycles. The van der Waals surface area contributed by atoms with E-state index in [1.807, 2.05) is 13.1 Å². The molecule has 0 radical (unpaired) electrons. The first-order chi connectivity index (χ1) is 9.10. The van der Waals surface area contributed by atoms with Crippen molar-refractivity contribution < 1.29 is 9.59 Å². The zero-order valence-corrected chi connectivity index (χ0v) is 11.1. The van der Waals surface area contributed by atoms with Crippen LogP contribution in [0.2, 0.25) is 0 Å². The molecule has 4 atom stereocenters. The molecule has 2 aliphatic carbocycles. The van der Waals surface area contributed by atoms with Crippen LogP contribution >= 0.6 is 0 Å². The van der Waals surface area contributed by atoms with E-state index in [2.05, 4.69) is 23.5 Å². The molecule has 4 bridgehead atoms. The second-order valence-corrected chi connectivity index (χ2v) is 6.29. The van der Waals surface area contributed by atoms with E-state index in [0.717, 1.165) is 25.7 Å². The lowest BCUT2D eigenvalue weighted by atomic mass is 9.55. The minimum Gasteiger partial charge on any atom is -0.345 e. The number of nitrogens with zero attached hydrogens (tertiary/aromatic N) is 1.